The average molecular weight is 580 g/mol. The lowest BCUT2D eigenvalue weighted by atomic mass is 9.93. The molecule has 1 aliphatic heterocycles. The zero-order valence-electron chi connectivity index (χ0n) is 22.0. The minimum atomic E-state index is -4.48. The van der Waals surface area contributed by atoms with E-state index in [-0.39, 0.29) is 23.5 Å². The number of anilines is 1. The summed E-state index contributed by atoms with van der Waals surface area (Å²) in [5.41, 5.74) is 0.234. The van der Waals surface area contributed by atoms with Gasteiger partial charge in [0.25, 0.3) is 11.5 Å². The van der Waals surface area contributed by atoms with Gasteiger partial charge in [-0.3, -0.25) is 14.4 Å². The van der Waals surface area contributed by atoms with Gasteiger partial charge in [-0.15, -0.1) is 0 Å². The van der Waals surface area contributed by atoms with E-state index in [0.717, 1.165) is 4.57 Å². The summed E-state index contributed by atoms with van der Waals surface area (Å²) in [6.45, 7) is -2.14. The standard InChI is InChI=1S/C28H26F5N3O5/c1-16-11-13-35(14-12-28(31,32)33)26(39)23(16)36-15-21(17-3-7-19(40-2)8-4-17)22(25(36)38)34-24(37)18-5-9-20(10-6-18)41-27(29)30/h3-11,13,21-22,27H,12,14-15H2,1-2H3,(H,34,37)/t21-,22?/m0/s1. The summed E-state index contributed by atoms with van der Waals surface area (Å²) in [5, 5.41) is 2.67. The monoisotopic (exact) mass is 579 g/mol. The number of carbonyl (C=O) groups is 2. The number of hydrogen-bond donors (Lipinski definition) is 1. The van der Waals surface area contributed by atoms with Crippen molar-refractivity contribution in [2.75, 3.05) is 18.6 Å². The fourth-order valence-electron chi connectivity index (χ4n) is 4.66. The molecule has 0 spiro atoms. The van der Waals surface area contributed by atoms with Crippen LogP contribution in [0.5, 0.6) is 11.5 Å². The largest absolute Gasteiger partial charge is 0.497 e. The summed E-state index contributed by atoms with van der Waals surface area (Å²) in [7, 11) is 1.48. The fourth-order valence-corrected chi connectivity index (χ4v) is 4.66. The molecular formula is C28H26F5N3O5. The van der Waals surface area contributed by atoms with Gasteiger partial charge in [-0.2, -0.15) is 22.0 Å². The van der Waals surface area contributed by atoms with E-state index in [0.29, 0.717) is 16.9 Å². The van der Waals surface area contributed by atoms with Gasteiger partial charge in [-0.1, -0.05) is 12.1 Å². The molecule has 0 radical (unpaired) electrons. The number of methoxy groups -OCH3 is 1. The number of hydrogen-bond acceptors (Lipinski definition) is 5. The number of aryl methyl sites for hydroxylation is 2. The maximum atomic E-state index is 13.7. The van der Waals surface area contributed by atoms with Crippen molar-refractivity contribution in [3.63, 3.8) is 0 Å². The highest BCUT2D eigenvalue weighted by molar-refractivity contribution is 6.05. The lowest BCUT2D eigenvalue weighted by Gasteiger charge is -2.20. The second-order valence-corrected chi connectivity index (χ2v) is 9.39. The van der Waals surface area contributed by atoms with Crippen LogP contribution in [0.4, 0.5) is 27.6 Å². The summed E-state index contributed by atoms with van der Waals surface area (Å²) in [5.74, 6) is -1.57. The summed E-state index contributed by atoms with van der Waals surface area (Å²) in [6, 6.07) is 11.9. The van der Waals surface area contributed by atoms with Crippen LogP contribution in [0.2, 0.25) is 0 Å². The smallest absolute Gasteiger partial charge is 0.390 e. The molecule has 1 fully saturated rings. The molecule has 1 N–H and O–H groups in total. The summed E-state index contributed by atoms with van der Waals surface area (Å²) < 4.78 is 73.8. The zero-order valence-corrected chi connectivity index (χ0v) is 22.0. The third-order valence-corrected chi connectivity index (χ3v) is 6.73. The van der Waals surface area contributed by atoms with Crippen molar-refractivity contribution in [2.24, 2.45) is 0 Å². The van der Waals surface area contributed by atoms with Crippen molar-refractivity contribution in [1.29, 1.82) is 0 Å². The maximum absolute atomic E-state index is 13.7. The van der Waals surface area contributed by atoms with Crippen LogP contribution in [0.25, 0.3) is 0 Å². The fraction of sp³-hybridized carbons (Fsp3) is 0.321. The van der Waals surface area contributed by atoms with Gasteiger partial charge < -0.3 is 24.3 Å². The molecule has 4 rings (SSSR count). The van der Waals surface area contributed by atoms with Gasteiger partial charge in [0.05, 0.1) is 13.5 Å². The molecule has 2 aromatic carbocycles. The highest BCUT2D eigenvalue weighted by Gasteiger charge is 2.44. The number of alkyl halides is 5. The molecule has 0 bridgehead atoms. The molecule has 218 valence electrons. The van der Waals surface area contributed by atoms with Crippen LogP contribution in [0, 0.1) is 6.92 Å². The first-order chi connectivity index (χ1) is 19.4. The Morgan fingerprint density at radius 1 is 1.02 bits per heavy atom. The number of nitrogens with zero attached hydrogens (tertiary/aromatic N) is 2. The Bertz CT molecular complexity index is 1460. The zero-order chi connectivity index (χ0) is 29.9. The Hall–Kier alpha value is -4.42. The van der Waals surface area contributed by atoms with E-state index in [2.05, 4.69) is 10.1 Å². The van der Waals surface area contributed by atoms with E-state index in [9.17, 15) is 36.3 Å². The lowest BCUT2D eigenvalue weighted by molar-refractivity contribution is -0.136. The third-order valence-electron chi connectivity index (χ3n) is 6.73. The predicted molar refractivity (Wildman–Crippen MR) is 139 cm³/mol. The number of ether oxygens (including phenoxy) is 2. The van der Waals surface area contributed by atoms with Crippen molar-refractivity contribution in [3.05, 3.63) is 87.8 Å². The molecule has 1 aliphatic rings. The van der Waals surface area contributed by atoms with Gasteiger partial charge in [0.1, 0.15) is 23.2 Å². The van der Waals surface area contributed by atoms with Crippen LogP contribution in [0.15, 0.2) is 65.6 Å². The van der Waals surface area contributed by atoms with E-state index in [1.54, 1.807) is 31.2 Å². The van der Waals surface area contributed by atoms with Crippen LogP contribution in [-0.2, 0) is 11.3 Å². The molecule has 13 heteroatoms. The number of amides is 2. The van der Waals surface area contributed by atoms with Crippen molar-refractivity contribution >= 4 is 17.5 Å². The first-order valence-corrected chi connectivity index (χ1v) is 12.5. The van der Waals surface area contributed by atoms with Crippen LogP contribution >= 0.6 is 0 Å². The summed E-state index contributed by atoms with van der Waals surface area (Å²) in [6.07, 6.45) is -4.46. The second-order valence-electron chi connectivity index (χ2n) is 9.39. The van der Waals surface area contributed by atoms with Gasteiger partial charge in [-0.05, 0) is 60.5 Å². The van der Waals surface area contributed by atoms with Gasteiger partial charge in [0.15, 0.2) is 0 Å². The molecule has 2 amide bonds. The Balaban J connectivity index is 1.67. The van der Waals surface area contributed by atoms with E-state index in [1.807, 2.05) is 0 Å². The van der Waals surface area contributed by atoms with Crippen LogP contribution < -0.4 is 25.2 Å². The second kappa shape index (κ2) is 12.0. The molecule has 8 nitrogen and oxygen atoms in total. The van der Waals surface area contributed by atoms with Crippen LogP contribution in [-0.4, -0.2) is 48.9 Å². The molecule has 1 saturated heterocycles. The normalized spacial score (nSPS) is 17.2. The van der Waals surface area contributed by atoms with Crippen molar-refractivity contribution in [2.45, 2.75) is 44.6 Å². The summed E-state index contributed by atoms with van der Waals surface area (Å²) >= 11 is 0. The van der Waals surface area contributed by atoms with Crippen molar-refractivity contribution in [3.8, 4) is 11.5 Å². The predicted octanol–water partition coefficient (Wildman–Crippen LogP) is 4.65. The molecule has 1 unspecified atom stereocenters. The molecule has 0 saturated carbocycles. The van der Waals surface area contributed by atoms with E-state index in [1.165, 1.54) is 48.5 Å². The highest BCUT2D eigenvalue weighted by Crippen LogP contribution is 2.33. The molecule has 0 aliphatic carbocycles. The van der Waals surface area contributed by atoms with E-state index >= 15 is 0 Å². The number of pyridine rings is 1. The van der Waals surface area contributed by atoms with E-state index in [4.69, 9.17) is 4.74 Å². The topological polar surface area (TPSA) is 89.9 Å². The summed E-state index contributed by atoms with van der Waals surface area (Å²) in [4.78, 5) is 41.3. The van der Waals surface area contributed by atoms with Crippen molar-refractivity contribution in [1.82, 2.24) is 9.88 Å². The Morgan fingerprint density at radius 2 is 1.66 bits per heavy atom. The molecule has 2 heterocycles. The molecule has 41 heavy (non-hydrogen) atoms. The first kappa shape index (κ1) is 29.6. The van der Waals surface area contributed by atoms with Gasteiger partial charge in [0.2, 0.25) is 5.91 Å². The van der Waals surface area contributed by atoms with Gasteiger partial charge in [0, 0.05) is 30.8 Å². The Morgan fingerprint density at radius 3 is 2.24 bits per heavy atom. The molecular weight excluding hydrogens is 553 g/mol. The number of carbonyl (C=O) groups excluding carboxylic acids is 2. The van der Waals surface area contributed by atoms with Crippen LogP contribution in [0.3, 0.4) is 0 Å². The number of halogens is 5. The van der Waals surface area contributed by atoms with Gasteiger partial charge >= 0.3 is 12.8 Å². The van der Waals surface area contributed by atoms with Crippen LogP contribution in [0.1, 0.15) is 33.8 Å². The first-order valence-electron chi connectivity index (χ1n) is 12.5. The SMILES string of the molecule is COc1ccc([C@@H]2CN(c3c(C)ccn(CCC(F)(F)F)c3=O)C(=O)C2NC(=O)c2ccc(OC(F)F)cc2)cc1. The lowest BCUT2D eigenvalue weighted by Crippen LogP contribution is -2.44. The quantitative estimate of drug-likeness (QED) is 0.373. The maximum Gasteiger partial charge on any atom is 0.390 e. The van der Waals surface area contributed by atoms with Gasteiger partial charge in [-0.25, -0.2) is 0 Å². The number of aromatic nitrogens is 1. The number of rotatable bonds is 9. The average Bonchev–Trinajstić information content (AvgIpc) is 3.23. The number of benzene rings is 2. The highest BCUT2D eigenvalue weighted by atomic mass is 19.4. The van der Waals surface area contributed by atoms with Crippen molar-refractivity contribution < 1.29 is 41.0 Å². The Kier molecular flexibility index (Phi) is 8.64. The van der Waals surface area contributed by atoms with E-state index < -0.39 is 55.1 Å². The minimum absolute atomic E-state index is 0.0450. The third kappa shape index (κ3) is 6.84. The molecule has 3 aromatic rings. The molecule has 2 atom stereocenters. The Labute approximate surface area is 231 Å². The molecule has 1 aromatic heterocycles. The minimum Gasteiger partial charge on any atom is -0.497 e. The number of nitrogens with one attached hydrogen (secondary N) is 1.